The molecule has 0 radical (unpaired) electrons. The first-order valence-electron chi connectivity index (χ1n) is 8.46. The summed E-state index contributed by atoms with van der Waals surface area (Å²) in [4.78, 5) is 21.2. The maximum absolute atomic E-state index is 12.7. The van der Waals surface area contributed by atoms with Gasteiger partial charge in [-0.25, -0.2) is 4.98 Å². The van der Waals surface area contributed by atoms with Gasteiger partial charge in [0.25, 0.3) is 5.91 Å². The van der Waals surface area contributed by atoms with Crippen molar-refractivity contribution in [3.8, 4) is 0 Å². The normalized spacial score (nSPS) is 31.5. The Morgan fingerprint density at radius 3 is 3.00 bits per heavy atom. The van der Waals surface area contributed by atoms with Gasteiger partial charge in [-0.15, -0.1) is 0 Å². The van der Waals surface area contributed by atoms with Crippen LogP contribution in [0.5, 0.6) is 0 Å². The van der Waals surface area contributed by atoms with Gasteiger partial charge in [0, 0.05) is 52.2 Å². The average Bonchev–Trinajstić information content (AvgIpc) is 3.26. The molecule has 0 aromatic carbocycles. The molecule has 7 nitrogen and oxygen atoms in total. The molecule has 1 amide bonds. The number of carbonyl (C=O) groups is 1. The van der Waals surface area contributed by atoms with E-state index in [9.17, 15) is 4.79 Å². The van der Waals surface area contributed by atoms with E-state index in [-0.39, 0.29) is 18.1 Å². The van der Waals surface area contributed by atoms with Crippen molar-refractivity contribution < 1.29 is 14.3 Å². The van der Waals surface area contributed by atoms with Gasteiger partial charge in [-0.05, 0) is 12.8 Å². The molecule has 0 N–H and O–H groups in total. The summed E-state index contributed by atoms with van der Waals surface area (Å²) in [5.41, 5.74) is 0. The van der Waals surface area contributed by atoms with E-state index < -0.39 is 0 Å². The van der Waals surface area contributed by atoms with Gasteiger partial charge in [-0.3, -0.25) is 9.69 Å². The molecule has 3 aliphatic rings. The maximum Gasteiger partial charge on any atom is 0.289 e. The van der Waals surface area contributed by atoms with Gasteiger partial charge in [0.1, 0.15) is 0 Å². The molecule has 0 saturated carbocycles. The fraction of sp³-hybridized carbons (Fsp3) is 0.750. The van der Waals surface area contributed by atoms with Crippen molar-refractivity contribution in [3.05, 3.63) is 18.2 Å². The van der Waals surface area contributed by atoms with Crippen molar-refractivity contribution in [3.63, 3.8) is 0 Å². The van der Waals surface area contributed by atoms with Crippen molar-refractivity contribution in [2.75, 3.05) is 39.4 Å². The highest BCUT2D eigenvalue weighted by Gasteiger charge is 2.43. The minimum atomic E-state index is -0.00688. The lowest BCUT2D eigenvalue weighted by Gasteiger charge is -2.37. The number of fused-ring (bicyclic) bond motifs is 1. The predicted octanol–water partition coefficient (Wildman–Crippen LogP) is 0.124. The number of hydrogen-bond donors (Lipinski definition) is 0. The van der Waals surface area contributed by atoms with Gasteiger partial charge in [0.2, 0.25) is 0 Å². The average molecular weight is 320 g/mol. The highest BCUT2D eigenvalue weighted by atomic mass is 16.5. The largest absolute Gasteiger partial charge is 0.377 e. The van der Waals surface area contributed by atoms with Crippen LogP contribution < -0.4 is 0 Å². The lowest BCUT2D eigenvalue weighted by Crippen LogP contribution is -2.52. The van der Waals surface area contributed by atoms with Crippen molar-refractivity contribution in [1.29, 1.82) is 0 Å². The molecule has 3 atom stereocenters. The highest BCUT2D eigenvalue weighted by molar-refractivity contribution is 5.91. The number of imidazole rings is 1. The maximum atomic E-state index is 12.7. The first kappa shape index (κ1) is 15.1. The molecule has 0 aliphatic carbocycles. The fourth-order valence-corrected chi connectivity index (χ4v) is 3.91. The van der Waals surface area contributed by atoms with Crippen LogP contribution in [0, 0.1) is 0 Å². The first-order chi connectivity index (χ1) is 11.2. The van der Waals surface area contributed by atoms with Crippen LogP contribution in [-0.4, -0.2) is 82.9 Å². The number of rotatable bonds is 3. The number of aromatic nitrogens is 2. The van der Waals surface area contributed by atoms with Gasteiger partial charge in [-0.1, -0.05) is 0 Å². The van der Waals surface area contributed by atoms with E-state index in [0.717, 1.165) is 39.1 Å². The molecule has 4 rings (SSSR count). The first-order valence-corrected chi connectivity index (χ1v) is 8.46. The topological polar surface area (TPSA) is 59.8 Å². The van der Waals surface area contributed by atoms with Crippen molar-refractivity contribution in [2.24, 2.45) is 7.05 Å². The second-order valence-corrected chi connectivity index (χ2v) is 6.68. The zero-order valence-corrected chi connectivity index (χ0v) is 13.6. The fourth-order valence-electron chi connectivity index (χ4n) is 3.91. The summed E-state index contributed by atoms with van der Waals surface area (Å²) in [7, 11) is 1.85. The molecule has 3 saturated heterocycles. The number of amides is 1. The van der Waals surface area contributed by atoms with Crippen molar-refractivity contribution >= 4 is 5.91 Å². The molecule has 23 heavy (non-hydrogen) atoms. The van der Waals surface area contributed by atoms with E-state index in [1.165, 1.54) is 0 Å². The van der Waals surface area contributed by atoms with Crippen LogP contribution in [0.25, 0.3) is 0 Å². The summed E-state index contributed by atoms with van der Waals surface area (Å²) in [6.45, 7) is 4.85. The van der Waals surface area contributed by atoms with E-state index in [0.29, 0.717) is 25.0 Å². The summed E-state index contributed by atoms with van der Waals surface area (Å²) in [6, 6.07) is 0.275. The van der Waals surface area contributed by atoms with Gasteiger partial charge in [0.05, 0.1) is 24.9 Å². The van der Waals surface area contributed by atoms with E-state index in [1.54, 1.807) is 17.0 Å². The Bertz CT molecular complexity index is 569. The third kappa shape index (κ3) is 2.88. The summed E-state index contributed by atoms with van der Waals surface area (Å²) in [6.07, 6.45) is 6.22. The monoisotopic (exact) mass is 320 g/mol. The van der Waals surface area contributed by atoms with E-state index in [2.05, 4.69) is 9.88 Å². The predicted molar refractivity (Wildman–Crippen MR) is 83.2 cm³/mol. The Labute approximate surface area is 136 Å². The van der Waals surface area contributed by atoms with Crippen LogP contribution >= 0.6 is 0 Å². The van der Waals surface area contributed by atoms with Crippen molar-refractivity contribution in [1.82, 2.24) is 19.4 Å². The Morgan fingerprint density at radius 1 is 1.35 bits per heavy atom. The molecule has 7 heteroatoms. The van der Waals surface area contributed by atoms with E-state index in [4.69, 9.17) is 9.47 Å². The summed E-state index contributed by atoms with van der Waals surface area (Å²) in [5.74, 6) is 0.488. The van der Waals surface area contributed by atoms with Gasteiger partial charge < -0.3 is 18.9 Å². The molecule has 3 fully saturated rings. The van der Waals surface area contributed by atoms with Crippen LogP contribution in [0.2, 0.25) is 0 Å². The van der Waals surface area contributed by atoms with Crippen LogP contribution in [0.1, 0.15) is 23.5 Å². The van der Waals surface area contributed by atoms with Gasteiger partial charge in [-0.2, -0.15) is 0 Å². The zero-order valence-electron chi connectivity index (χ0n) is 13.6. The summed E-state index contributed by atoms with van der Waals surface area (Å²) >= 11 is 0. The SMILES string of the molecule is Cn1ccnc1C(=O)N1C[C@@H]2OCCN(CC3CCCO3)[C@@H]2C1. The Balaban J connectivity index is 1.44. The number of hydrogen-bond acceptors (Lipinski definition) is 5. The molecule has 126 valence electrons. The second kappa shape index (κ2) is 6.22. The van der Waals surface area contributed by atoms with Crippen LogP contribution in [0.4, 0.5) is 0 Å². The molecular formula is C16H24N4O3. The molecule has 1 unspecified atom stereocenters. The third-order valence-corrected chi connectivity index (χ3v) is 5.18. The summed E-state index contributed by atoms with van der Waals surface area (Å²) in [5, 5.41) is 0. The van der Waals surface area contributed by atoms with E-state index in [1.807, 2.05) is 11.9 Å². The summed E-state index contributed by atoms with van der Waals surface area (Å²) < 4.78 is 13.5. The van der Waals surface area contributed by atoms with Crippen molar-refractivity contribution in [2.45, 2.75) is 31.1 Å². The zero-order chi connectivity index (χ0) is 15.8. The van der Waals surface area contributed by atoms with Crippen LogP contribution in [0.15, 0.2) is 12.4 Å². The molecular weight excluding hydrogens is 296 g/mol. The molecule has 0 spiro atoms. The lowest BCUT2D eigenvalue weighted by atomic mass is 10.1. The number of ether oxygens (including phenoxy) is 2. The number of nitrogens with zero attached hydrogens (tertiary/aromatic N) is 4. The smallest absolute Gasteiger partial charge is 0.289 e. The quantitative estimate of drug-likeness (QED) is 0.792. The minimum absolute atomic E-state index is 0.00688. The van der Waals surface area contributed by atoms with Gasteiger partial charge >= 0.3 is 0 Å². The van der Waals surface area contributed by atoms with E-state index >= 15 is 0 Å². The molecule has 1 aromatic heterocycles. The Morgan fingerprint density at radius 2 is 2.26 bits per heavy atom. The van der Waals surface area contributed by atoms with Crippen LogP contribution in [0.3, 0.4) is 0 Å². The Hall–Kier alpha value is -1.44. The van der Waals surface area contributed by atoms with Crippen LogP contribution in [-0.2, 0) is 16.5 Å². The van der Waals surface area contributed by atoms with Gasteiger partial charge in [0.15, 0.2) is 5.82 Å². The lowest BCUT2D eigenvalue weighted by molar-refractivity contribution is -0.0614. The number of aryl methyl sites for hydroxylation is 1. The Kier molecular flexibility index (Phi) is 4.09. The molecule has 3 aliphatic heterocycles. The standard InChI is InChI=1S/C16H24N4O3/c1-18-5-4-17-15(18)16(21)20-10-13-14(11-20)23-8-6-19(13)9-12-3-2-7-22-12/h4-5,12-14H,2-3,6-11H2,1H3/t12?,13-,14+/m1/s1. The minimum Gasteiger partial charge on any atom is -0.377 e. The number of likely N-dealkylation sites (tertiary alicyclic amines) is 1. The molecule has 4 heterocycles. The third-order valence-electron chi connectivity index (χ3n) is 5.18. The molecule has 0 bridgehead atoms. The second-order valence-electron chi connectivity index (χ2n) is 6.68. The molecule has 1 aromatic rings. The number of morpholine rings is 1. The highest BCUT2D eigenvalue weighted by Crippen LogP contribution is 2.25. The number of carbonyl (C=O) groups excluding carboxylic acids is 1.